The molecule has 0 saturated heterocycles. The van der Waals surface area contributed by atoms with Crippen LogP contribution in [0.2, 0.25) is 25.7 Å². The van der Waals surface area contributed by atoms with Gasteiger partial charge in [0.25, 0.3) is 0 Å². The molecule has 11 heteroatoms. The van der Waals surface area contributed by atoms with Crippen molar-refractivity contribution < 1.29 is 14.3 Å². The van der Waals surface area contributed by atoms with Crippen molar-refractivity contribution in [2.45, 2.75) is 90.5 Å². The summed E-state index contributed by atoms with van der Waals surface area (Å²) in [6.07, 6.45) is 3.58. The standard InChI is InChI=1S/C24H39BrN6O3Si/c1-16(28-23(32)34-24(2,3)4)14-27-22-26-11-10-18(29-22)19-20(25)30-21(17-8-9-17)31(19)15-33-12-13-35(5,6)7/h10-11,16-17H,8-9,12-15H2,1-7H3,(H,28,32)(H,26,27,29). The monoisotopic (exact) mass is 566 g/mol. The van der Waals surface area contributed by atoms with Gasteiger partial charge >= 0.3 is 6.09 Å². The quantitative estimate of drug-likeness (QED) is 0.269. The minimum absolute atomic E-state index is 0.171. The molecular formula is C24H39BrN6O3Si. The lowest BCUT2D eigenvalue weighted by molar-refractivity contribution is 0.0511. The number of anilines is 1. The maximum atomic E-state index is 12.0. The van der Waals surface area contributed by atoms with Crippen LogP contribution in [-0.4, -0.2) is 58.5 Å². The Balaban J connectivity index is 1.69. The van der Waals surface area contributed by atoms with Crippen LogP contribution in [0.15, 0.2) is 16.9 Å². The third-order valence-corrected chi connectivity index (χ3v) is 7.60. The van der Waals surface area contributed by atoms with E-state index in [0.717, 1.165) is 47.3 Å². The maximum absolute atomic E-state index is 12.0. The van der Waals surface area contributed by atoms with E-state index in [2.05, 4.69) is 55.8 Å². The fourth-order valence-electron chi connectivity index (χ4n) is 3.38. The molecule has 0 aromatic carbocycles. The minimum atomic E-state index is -1.16. The van der Waals surface area contributed by atoms with E-state index in [4.69, 9.17) is 19.4 Å². The molecule has 1 unspecified atom stereocenters. The van der Waals surface area contributed by atoms with Crippen LogP contribution < -0.4 is 10.6 Å². The number of nitrogens with one attached hydrogen (secondary N) is 2. The number of carbonyl (C=O) groups excluding carboxylic acids is 1. The van der Waals surface area contributed by atoms with E-state index in [0.29, 0.717) is 25.1 Å². The van der Waals surface area contributed by atoms with Crippen LogP contribution in [0.25, 0.3) is 11.4 Å². The molecule has 1 saturated carbocycles. The van der Waals surface area contributed by atoms with Gasteiger partial charge in [0.15, 0.2) is 0 Å². The highest BCUT2D eigenvalue weighted by Gasteiger charge is 2.32. The van der Waals surface area contributed by atoms with Gasteiger partial charge in [-0.2, -0.15) is 0 Å². The van der Waals surface area contributed by atoms with Crippen LogP contribution >= 0.6 is 15.9 Å². The molecule has 194 valence electrons. The summed E-state index contributed by atoms with van der Waals surface area (Å²) >= 11 is 3.66. The normalized spacial score (nSPS) is 15.1. The zero-order valence-electron chi connectivity index (χ0n) is 21.9. The first kappa shape index (κ1) is 27.6. The van der Waals surface area contributed by atoms with Crippen LogP contribution in [0.3, 0.4) is 0 Å². The van der Waals surface area contributed by atoms with Crippen LogP contribution in [0.5, 0.6) is 0 Å². The lowest BCUT2D eigenvalue weighted by atomic mass is 10.2. The summed E-state index contributed by atoms with van der Waals surface area (Å²) in [6.45, 7) is 16.1. The number of carbonyl (C=O) groups is 1. The molecule has 3 rings (SSSR count). The van der Waals surface area contributed by atoms with Gasteiger partial charge in [0.05, 0.1) is 5.69 Å². The molecule has 1 aliphatic carbocycles. The fourth-order valence-corrected chi connectivity index (χ4v) is 4.74. The van der Waals surface area contributed by atoms with Gasteiger partial charge in [-0.3, -0.25) is 0 Å². The van der Waals surface area contributed by atoms with Crippen LogP contribution in [0.1, 0.15) is 52.3 Å². The van der Waals surface area contributed by atoms with Gasteiger partial charge in [0.1, 0.15) is 28.5 Å². The SMILES string of the molecule is CC(CNc1nccc(-c2c(Br)nc(C3CC3)n2COCC[Si](C)(C)C)n1)NC(=O)OC(C)(C)C. The Kier molecular flexibility index (Phi) is 8.98. The molecule has 1 amide bonds. The second-order valence-electron chi connectivity index (χ2n) is 11.4. The van der Waals surface area contributed by atoms with Gasteiger partial charge in [-0.05, 0) is 68.6 Å². The highest BCUT2D eigenvalue weighted by molar-refractivity contribution is 9.10. The molecule has 0 bridgehead atoms. The van der Waals surface area contributed by atoms with Crippen LogP contribution in [-0.2, 0) is 16.2 Å². The largest absolute Gasteiger partial charge is 0.444 e. The molecule has 0 aliphatic heterocycles. The van der Waals surface area contributed by atoms with Crippen molar-refractivity contribution in [1.29, 1.82) is 0 Å². The lowest BCUT2D eigenvalue weighted by Crippen LogP contribution is -2.41. The van der Waals surface area contributed by atoms with Gasteiger partial charge in [0.2, 0.25) is 5.95 Å². The maximum Gasteiger partial charge on any atom is 0.407 e. The van der Waals surface area contributed by atoms with Gasteiger partial charge < -0.3 is 24.7 Å². The van der Waals surface area contributed by atoms with E-state index in [-0.39, 0.29) is 6.04 Å². The molecule has 1 fully saturated rings. The number of amides is 1. The molecule has 2 aromatic heterocycles. The number of hydrogen-bond donors (Lipinski definition) is 2. The Labute approximate surface area is 218 Å². The van der Waals surface area contributed by atoms with E-state index in [1.54, 1.807) is 6.20 Å². The van der Waals surface area contributed by atoms with E-state index in [1.165, 1.54) is 0 Å². The third kappa shape index (κ3) is 8.87. The Morgan fingerprint density at radius 2 is 2.00 bits per heavy atom. The molecular weight excluding hydrogens is 528 g/mol. The molecule has 0 radical (unpaired) electrons. The Morgan fingerprint density at radius 1 is 1.29 bits per heavy atom. The highest BCUT2D eigenvalue weighted by atomic mass is 79.9. The average Bonchev–Trinajstić information content (AvgIpc) is 3.51. The topological polar surface area (TPSA) is 103 Å². The van der Waals surface area contributed by atoms with E-state index >= 15 is 0 Å². The van der Waals surface area contributed by atoms with E-state index in [9.17, 15) is 4.79 Å². The van der Waals surface area contributed by atoms with Crippen molar-refractivity contribution in [2.75, 3.05) is 18.5 Å². The summed E-state index contributed by atoms with van der Waals surface area (Å²) in [6, 6.07) is 2.83. The van der Waals surface area contributed by atoms with Gasteiger partial charge in [0, 0.05) is 39.4 Å². The van der Waals surface area contributed by atoms with E-state index < -0.39 is 19.8 Å². The summed E-state index contributed by atoms with van der Waals surface area (Å²) in [5.41, 5.74) is 1.11. The minimum Gasteiger partial charge on any atom is -0.444 e. The summed E-state index contributed by atoms with van der Waals surface area (Å²) in [5.74, 6) is 2.00. The molecule has 1 aliphatic rings. The van der Waals surface area contributed by atoms with Gasteiger partial charge in [-0.25, -0.2) is 19.7 Å². The Morgan fingerprint density at radius 3 is 2.63 bits per heavy atom. The summed E-state index contributed by atoms with van der Waals surface area (Å²) < 4.78 is 14.3. The van der Waals surface area contributed by atoms with Crippen LogP contribution in [0.4, 0.5) is 10.7 Å². The molecule has 2 heterocycles. The first-order valence-electron chi connectivity index (χ1n) is 12.2. The number of aromatic nitrogens is 4. The number of imidazole rings is 1. The van der Waals surface area contributed by atoms with Crippen molar-refractivity contribution in [1.82, 2.24) is 24.8 Å². The first-order chi connectivity index (χ1) is 16.3. The Bertz CT molecular complexity index is 1010. The molecule has 35 heavy (non-hydrogen) atoms. The predicted molar refractivity (Wildman–Crippen MR) is 144 cm³/mol. The number of ether oxygens (including phenoxy) is 2. The lowest BCUT2D eigenvalue weighted by Gasteiger charge is -2.22. The van der Waals surface area contributed by atoms with Crippen molar-refractivity contribution in [3.05, 3.63) is 22.7 Å². The summed E-state index contributed by atoms with van der Waals surface area (Å²) in [7, 11) is -1.16. The smallest absolute Gasteiger partial charge is 0.407 e. The van der Waals surface area contributed by atoms with Crippen molar-refractivity contribution >= 4 is 36.0 Å². The summed E-state index contributed by atoms with van der Waals surface area (Å²) in [4.78, 5) is 25.9. The number of alkyl carbamates (subject to hydrolysis) is 1. The van der Waals surface area contributed by atoms with Crippen molar-refractivity contribution in [2.24, 2.45) is 0 Å². The number of hydrogen-bond acceptors (Lipinski definition) is 7. The number of halogens is 1. The highest BCUT2D eigenvalue weighted by Crippen LogP contribution is 2.42. The summed E-state index contributed by atoms with van der Waals surface area (Å²) in [5, 5.41) is 6.03. The fraction of sp³-hybridized carbons (Fsp3) is 0.667. The van der Waals surface area contributed by atoms with Crippen molar-refractivity contribution in [3.8, 4) is 11.4 Å². The average molecular weight is 568 g/mol. The first-order valence-corrected chi connectivity index (χ1v) is 16.7. The van der Waals surface area contributed by atoms with Crippen molar-refractivity contribution in [3.63, 3.8) is 0 Å². The number of rotatable bonds is 11. The second kappa shape index (κ2) is 11.4. The second-order valence-corrected chi connectivity index (χ2v) is 17.7. The third-order valence-electron chi connectivity index (χ3n) is 5.34. The molecule has 9 nitrogen and oxygen atoms in total. The molecule has 2 N–H and O–H groups in total. The Hall–Kier alpha value is -1.98. The zero-order valence-corrected chi connectivity index (χ0v) is 24.5. The van der Waals surface area contributed by atoms with Gasteiger partial charge in [-0.1, -0.05) is 19.6 Å². The number of nitrogens with zero attached hydrogens (tertiary/aromatic N) is 4. The molecule has 1 atom stereocenters. The molecule has 2 aromatic rings. The van der Waals surface area contributed by atoms with Crippen LogP contribution in [0, 0.1) is 0 Å². The zero-order chi connectivity index (χ0) is 25.8. The van der Waals surface area contributed by atoms with E-state index in [1.807, 2.05) is 33.8 Å². The van der Waals surface area contributed by atoms with Gasteiger partial charge in [-0.15, -0.1) is 0 Å². The molecule has 0 spiro atoms. The predicted octanol–water partition coefficient (Wildman–Crippen LogP) is 5.62.